The van der Waals surface area contributed by atoms with Crippen LogP contribution in [0.4, 0.5) is 0 Å². The first kappa shape index (κ1) is 12.4. The molecule has 1 aromatic rings. The van der Waals surface area contributed by atoms with Gasteiger partial charge in [0.05, 0.1) is 5.02 Å². The minimum absolute atomic E-state index is 0.476. The van der Waals surface area contributed by atoms with Crippen LogP contribution >= 0.6 is 11.6 Å². The van der Waals surface area contributed by atoms with E-state index in [1.165, 1.54) is 6.07 Å². The summed E-state index contributed by atoms with van der Waals surface area (Å²) in [7, 11) is -8.14. The topological polar surface area (TPSA) is 120 Å². The van der Waals surface area contributed by atoms with Crippen molar-refractivity contribution in [3.05, 3.63) is 23.2 Å². The number of sulfonamides is 2. The number of hydrogen-bond donors (Lipinski definition) is 2. The van der Waals surface area contributed by atoms with Gasteiger partial charge in [0.15, 0.2) is 0 Å². The molecule has 15 heavy (non-hydrogen) atoms. The molecule has 0 aliphatic carbocycles. The highest BCUT2D eigenvalue weighted by Gasteiger charge is 2.20. The van der Waals surface area contributed by atoms with Crippen molar-refractivity contribution in [2.45, 2.75) is 9.79 Å². The number of primary sulfonamides is 2. The van der Waals surface area contributed by atoms with Crippen LogP contribution in [0.15, 0.2) is 28.0 Å². The highest BCUT2D eigenvalue weighted by molar-refractivity contribution is 7.90. The largest absolute Gasteiger partial charge is 0.239 e. The van der Waals surface area contributed by atoms with Crippen molar-refractivity contribution in [1.82, 2.24) is 0 Å². The smallest absolute Gasteiger partial charge is 0.225 e. The van der Waals surface area contributed by atoms with E-state index in [9.17, 15) is 16.8 Å². The lowest BCUT2D eigenvalue weighted by molar-refractivity contribution is 0.596. The van der Waals surface area contributed by atoms with E-state index in [4.69, 9.17) is 21.9 Å². The minimum atomic E-state index is -4.07. The Labute approximate surface area is 91.9 Å². The van der Waals surface area contributed by atoms with Crippen LogP contribution in [0.25, 0.3) is 0 Å². The van der Waals surface area contributed by atoms with Crippen molar-refractivity contribution in [2.75, 3.05) is 0 Å². The average molecular weight is 271 g/mol. The molecule has 0 fully saturated rings. The molecule has 0 saturated carbocycles. The van der Waals surface area contributed by atoms with E-state index in [1.54, 1.807) is 0 Å². The van der Waals surface area contributed by atoms with Gasteiger partial charge in [-0.1, -0.05) is 17.7 Å². The maximum Gasteiger partial charge on any atom is 0.239 e. The molecule has 4 N–H and O–H groups in total. The Bertz CT molecular complexity index is 543. The van der Waals surface area contributed by atoms with Crippen molar-refractivity contribution >= 4 is 31.6 Å². The molecular formula is C6H7ClN2O4S2. The first-order valence-electron chi connectivity index (χ1n) is 3.48. The summed E-state index contributed by atoms with van der Waals surface area (Å²) >= 11 is 5.56. The summed E-state index contributed by atoms with van der Waals surface area (Å²) in [6, 6.07) is 3.37. The van der Waals surface area contributed by atoms with Crippen molar-refractivity contribution in [3.8, 4) is 0 Å². The second kappa shape index (κ2) is 3.72. The molecule has 0 aromatic heterocycles. The fourth-order valence-corrected chi connectivity index (χ4v) is 3.02. The van der Waals surface area contributed by atoms with Crippen LogP contribution in [0.2, 0.25) is 5.02 Å². The Balaban J connectivity index is 3.65. The van der Waals surface area contributed by atoms with Crippen LogP contribution < -0.4 is 10.3 Å². The Morgan fingerprint density at radius 1 is 0.933 bits per heavy atom. The van der Waals surface area contributed by atoms with Crippen molar-refractivity contribution in [2.24, 2.45) is 10.3 Å². The molecule has 0 amide bonds. The number of benzene rings is 1. The summed E-state index contributed by atoms with van der Waals surface area (Å²) in [6.45, 7) is 0. The van der Waals surface area contributed by atoms with Gasteiger partial charge >= 0.3 is 0 Å². The second-order valence-corrected chi connectivity index (χ2v) is 6.10. The lowest BCUT2D eigenvalue weighted by atomic mass is 10.4. The Morgan fingerprint density at radius 3 is 1.53 bits per heavy atom. The lowest BCUT2D eigenvalue weighted by Crippen LogP contribution is -2.17. The maximum absolute atomic E-state index is 11.0. The summed E-state index contributed by atoms with van der Waals surface area (Å²) in [5, 5.41) is 9.15. The van der Waals surface area contributed by atoms with E-state index < -0.39 is 34.9 Å². The van der Waals surface area contributed by atoms with E-state index in [-0.39, 0.29) is 0 Å². The van der Waals surface area contributed by atoms with E-state index in [0.29, 0.717) is 0 Å². The number of hydrogen-bond acceptors (Lipinski definition) is 4. The van der Waals surface area contributed by atoms with Gasteiger partial charge in [0.25, 0.3) is 0 Å². The SMILES string of the molecule is NS(=O)(=O)c1cccc(S(N)(=O)=O)c1Cl. The summed E-state index contributed by atoms with van der Waals surface area (Å²) in [4.78, 5) is -0.952. The first-order valence-corrected chi connectivity index (χ1v) is 6.95. The summed E-state index contributed by atoms with van der Waals surface area (Å²) in [6.07, 6.45) is 0. The normalized spacial score (nSPS) is 12.7. The summed E-state index contributed by atoms with van der Waals surface area (Å²) in [5.41, 5.74) is 0. The van der Waals surface area contributed by atoms with Gasteiger partial charge < -0.3 is 0 Å². The minimum Gasteiger partial charge on any atom is -0.225 e. The van der Waals surface area contributed by atoms with Crippen molar-refractivity contribution in [1.29, 1.82) is 0 Å². The molecule has 0 heterocycles. The number of nitrogens with two attached hydrogens (primary N) is 2. The molecular weight excluding hydrogens is 264 g/mol. The molecule has 6 nitrogen and oxygen atoms in total. The van der Waals surface area contributed by atoms with Gasteiger partial charge in [-0.05, 0) is 12.1 Å². The average Bonchev–Trinajstić information content (AvgIpc) is 1.99. The van der Waals surface area contributed by atoms with Gasteiger partial charge in [0.2, 0.25) is 20.0 Å². The van der Waals surface area contributed by atoms with Crippen molar-refractivity contribution < 1.29 is 16.8 Å². The standard InChI is InChI=1S/C6H7ClN2O4S2/c7-6-4(14(8,10)11)2-1-3-5(6)15(9,12)13/h1-3H,(H2,8,10,11)(H2,9,12,13). The summed E-state index contributed by atoms with van der Waals surface area (Å²) in [5.74, 6) is 0. The zero-order valence-electron chi connectivity index (χ0n) is 7.21. The number of halogens is 1. The molecule has 1 rings (SSSR count). The highest BCUT2D eigenvalue weighted by atomic mass is 35.5. The molecule has 0 radical (unpaired) electrons. The number of rotatable bonds is 2. The molecule has 9 heteroatoms. The van der Waals surface area contributed by atoms with Crippen LogP contribution in [0.1, 0.15) is 0 Å². The fourth-order valence-electron chi connectivity index (χ4n) is 0.930. The second-order valence-electron chi connectivity index (χ2n) is 2.66. The lowest BCUT2D eigenvalue weighted by Gasteiger charge is -2.05. The molecule has 84 valence electrons. The van der Waals surface area contributed by atoms with Crippen LogP contribution in [-0.4, -0.2) is 16.8 Å². The van der Waals surface area contributed by atoms with Crippen LogP contribution in [0.5, 0.6) is 0 Å². The van der Waals surface area contributed by atoms with E-state index >= 15 is 0 Å². The molecule has 0 aliphatic heterocycles. The van der Waals surface area contributed by atoms with Gasteiger partial charge in [-0.3, -0.25) is 0 Å². The predicted molar refractivity (Wildman–Crippen MR) is 54.2 cm³/mol. The van der Waals surface area contributed by atoms with Gasteiger partial charge in [-0.2, -0.15) is 0 Å². The first-order chi connectivity index (χ1) is 6.64. The molecule has 0 spiro atoms. The summed E-state index contributed by atoms with van der Waals surface area (Å²) < 4.78 is 44.0. The Morgan fingerprint density at radius 2 is 1.27 bits per heavy atom. The molecule has 1 aromatic carbocycles. The van der Waals surface area contributed by atoms with E-state index in [0.717, 1.165) is 12.1 Å². The Kier molecular flexibility index (Phi) is 3.08. The third-order valence-corrected chi connectivity index (χ3v) is 4.08. The van der Waals surface area contributed by atoms with Gasteiger partial charge in [-0.15, -0.1) is 0 Å². The van der Waals surface area contributed by atoms with Crippen LogP contribution in [0.3, 0.4) is 0 Å². The Hall–Kier alpha value is -0.670. The molecule has 0 atom stereocenters. The predicted octanol–water partition coefficient (Wildman–Crippen LogP) is -0.365. The molecule has 0 bridgehead atoms. The monoisotopic (exact) mass is 270 g/mol. The van der Waals surface area contributed by atoms with Crippen molar-refractivity contribution in [3.63, 3.8) is 0 Å². The zero-order chi connectivity index (χ0) is 11.9. The fraction of sp³-hybridized carbons (Fsp3) is 0. The maximum atomic E-state index is 11.0. The van der Waals surface area contributed by atoms with Gasteiger partial charge in [-0.25, -0.2) is 27.1 Å². The van der Waals surface area contributed by atoms with Crippen LogP contribution in [0, 0.1) is 0 Å². The quantitative estimate of drug-likeness (QED) is 0.762. The molecule has 0 unspecified atom stereocenters. The zero-order valence-corrected chi connectivity index (χ0v) is 9.60. The molecule has 0 saturated heterocycles. The van der Waals surface area contributed by atoms with E-state index in [2.05, 4.69) is 0 Å². The van der Waals surface area contributed by atoms with Crippen LogP contribution in [-0.2, 0) is 20.0 Å². The van der Waals surface area contributed by atoms with E-state index in [1.807, 2.05) is 0 Å². The van der Waals surface area contributed by atoms with Gasteiger partial charge in [0, 0.05) is 0 Å². The third-order valence-electron chi connectivity index (χ3n) is 1.54. The third kappa shape index (κ3) is 2.67. The molecule has 0 aliphatic rings. The van der Waals surface area contributed by atoms with Gasteiger partial charge in [0.1, 0.15) is 9.79 Å². The highest BCUT2D eigenvalue weighted by Crippen LogP contribution is 2.26.